The van der Waals surface area contributed by atoms with Crippen molar-refractivity contribution in [2.45, 2.75) is 0 Å². The second-order valence-electron chi connectivity index (χ2n) is 4.48. The Morgan fingerprint density at radius 2 is 1.78 bits per heavy atom. The average molecular weight is 334 g/mol. The van der Waals surface area contributed by atoms with E-state index in [1.165, 1.54) is 18.2 Å². The van der Waals surface area contributed by atoms with Crippen LogP contribution in [0.4, 0.5) is 0 Å². The molecule has 0 spiro atoms. The van der Waals surface area contributed by atoms with E-state index in [1.54, 1.807) is 30.3 Å². The molecule has 0 radical (unpaired) electrons. The topological polar surface area (TPSA) is 92.7 Å². The molecule has 2 aromatic rings. The molecule has 118 valence electrons. The maximum atomic E-state index is 11.7. The van der Waals surface area contributed by atoms with Gasteiger partial charge in [-0.05, 0) is 30.3 Å². The van der Waals surface area contributed by atoms with E-state index in [1.807, 2.05) is 0 Å². The van der Waals surface area contributed by atoms with Crippen molar-refractivity contribution in [3.8, 4) is 5.75 Å². The first kappa shape index (κ1) is 16.5. The normalized spacial score (nSPS) is 9.96. The Hall–Kier alpha value is -2.86. The summed E-state index contributed by atoms with van der Waals surface area (Å²) in [5.41, 5.74) is 0.180. The molecule has 6 nitrogen and oxygen atoms in total. The van der Waals surface area contributed by atoms with Gasteiger partial charge in [-0.3, -0.25) is 14.9 Å². The predicted octanol–water partition coefficient (Wildman–Crippen LogP) is 2.16. The lowest BCUT2D eigenvalue weighted by Crippen LogP contribution is -2.34. The minimum absolute atomic E-state index is 0.128. The number of phenols is 1. The predicted molar refractivity (Wildman–Crippen MR) is 82.3 cm³/mol. The van der Waals surface area contributed by atoms with Gasteiger partial charge in [0.05, 0.1) is 0 Å². The SMILES string of the molecule is O=C(COC(=O)c1ccc(Cl)cc1O)NC(=O)c1ccccc1. The van der Waals surface area contributed by atoms with E-state index < -0.39 is 24.4 Å². The fourth-order valence-corrected chi connectivity index (χ4v) is 1.88. The van der Waals surface area contributed by atoms with Crippen LogP contribution in [0.15, 0.2) is 48.5 Å². The number of ether oxygens (including phenoxy) is 1. The zero-order valence-electron chi connectivity index (χ0n) is 11.8. The quantitative estimate of drug-likeness (QED) is 0.836. The van der Waals surface area contributed by atoms with Crippen LogP contribution >= 0.6 is 11.6 Å². The summed E-state index contributed by atoms with van der Waals surface area (Å²) < 4.78 is 4.74. The van der Waals surface area contributed by atoms with Crippen molar-refractivity contribution in [2.75, 3.05) is 6.61 Å². The number of amides is 2. The number of halogens is 1. The molecule has 2 rings (SSSR count). The summed E-state index contributed by atoms with van der Waals surface area (Å²) in [6.45, 7) is -0.653. The van der Waals surface area contributed by atoms with Crippen LogP contribution in [0.1, 0.15) is 20.7 Å². The fourth-order valence-electron chi connectivity index (χ4n) is 1.71. The highest BCUT2D eigenvalue weighted by atomic mass is 35.5. The molecule has 0 unspecified atom stereocenters. The summed E-state index contributed by atoms with van der Waals surface area (Å²) in [5.74, 6) is -2.63. The van der Waals surface area contributed by atoms with Gasteiger partial charge in [-0.2, -0.15) is 0 Å². The largest absolute Gasteiger partial charge is 0.507 e. The van der Waals surface area contributed by atoms with Crippen LogP contribution in [-0.2, 0) is 9.53 Å². The lowest BCUT2D eigenvalue weighted by molar-refractivity contribution is -0.123. The van der Waals surface area contributed by atoms with Crippen LogP contribution in [0.5, 0.6) is 5.75 Å². The van der Waals surface area contributed by atoms with E-state index >= 15 is 0 Å². The number of phenolic OH excluding ortho intramolecular Hbond substituents is 1. The molecule has 0 heterocycles. The number of carbonyl (C=O) groups is 3. The Balaban J connectivity index is 1.89. The Labute approximate surface area is 136 Å². The van der Waals surface area contributed by atoms with Crippen molar-refractivity contribution in [3.63, 3.8) is 0 Å². The van der Waals surface area contributed by atoms with Crippen molar-refractivity contribution in [2.24, 2.45) is 0 Å². The lowest BCUT2D eigenvalue weighted by Gasteiger charge is -2.07. The van der Waals surface area contributed by atoms with E-state index in [4.69, 9.17) is 16.3 Å². The van der Waals surface area contributed by atoms with Crippen LogP contribution in [0.2, 0.25) is 5.02 Å². The molecule has 2 aromatic carbocycles. The molecule has 0 saturated carbocycles. The van der Waals surface area contributed by atoms with Crippen molar-refractivity contribution in [1.29, 1.82) is 0 Å². The molecule has 2 amide bonds. The van der Waals surface area contributed by atoms with Gasteiger partial charge in [0.1, 0.15) is 11.3 Å². The van der Waals surface area contributed by atoms with Crippen molar-refractivity contribution < 1.29 is 24.2 Å². The summed E-state index contributed by atoms with van der Waals surface area (Å²) in [6.07, 6.45) is 0. The summed E-state index contributed by atoms with van der Waals surface area (Å²) in [4.78, 5) is 35.1. The number of hydrogen-bond acceptors (Lipinski definition) is 5. The van der Waals surface area contributed by atoms with Gasteiger partial charge < -0.3 is 9.84 Å². The average Bonchev–Trinajstić information content (AvgIpc) is 2.53. The van der Waals surface area contributed by atoms with Crippen molar-refractivity contribution >= 4 is 29.4 Å². The Bertz CT molecular complexity index is 745. The number of carbonyl (C=O) groups excluding carboxylic acids is 3. The highest BCUT2D eigenvalue weighted by molar-refractivity contribution is 6.30. The van der Waals surface area contributed by atoms with E-state index in [2.05, 4.69) is 5.32 Å². The summed E-state index contributed by atoms with van der Waals surface area (Å²) >= 11 is 5.65. The standard InChI is InChI=1S/C16H12ClNO5/c17-11-6-7-12(13(19)8-11)16(22)23-9-14(20)18-15(21)10-4-2-1-3-5-10/h1-8,19H,9H2,(H,18,20,21). The van der Waals surface area contributed by atoms with E-state index in [0.29, 0.717) is 5.56 Å². The van der Waals surface area contributed by atoms with Crippen LogP contribution in [0.3, 0.4) is 0 Å². The molecule has 0 fully saturated rings. The van der Waals surface area contributed by atoms with Crippen LogP contribution in [0, 0.1) is 0 Å². The number of hydrogen-bond donors (Lipinski definition) is 2. The molecule has 2 N–H and O–H groups in total. The van der Waals surface area contributed by atoms with Gasteiger partial charge in [-0.15, -0.1) is 0 Å². The third kappa shape index (κ3) is 4.55. The molecule has 0 saturated heterocycles. The minimum Gasteiger partial charge on any atom is -0.507 e. The minimum atomic E-state index is -0.901. The first-order valence-electron chi connectivity index (χ1n) is 6.52. The molecule has 0 aliphatic heterocycles. The van der Waals surface area contributed by atoms with Gasteiger partial charge in [-0.25, -0.2) is 4.79 Å². The Morgan fingerprint density at radius 1 is 1.09 bits per heavy atom. The van der Waals surface area contributed by atoms with Gasteiger partial charge in [0, 0.05) is 10.6 Å². The molecular formula is C16H12ClNO5. The van der Waals surface area contributed by atoms with Crippen LogP contribution in [-0.4, -0.2) is 29.5 Å². The number of aromatic hydroxyl groups is 1. The third-order valence-electron chi connectivity index (χ3n) is 2.80. The first-order valence-corrected chi connectivity index (χ1v) is 6.90. The summed E-state index contributed by atoms with van der Waals surface area (Å²) in [7, 11) is 0. The third-order valence-corrected chi connectivity index (χ3v) is 3.04. The second-order valence-corrected chi connectivity index (χ2v) is 4.92. The van der Waals surface area contributed by atoms with Gasteiger partial charge in [-0.1, -0.05) is 29.8 Å². The molecule has 0 bridgehead atoms. The first-order chi connectivity index (χ1) is 11.0. The Kier molecular flexibility index (Phi) is 5.32. The van der Waals surface area contributed by atoms with Gasteiger partial charge in [0.2, 0.25) is 0 Å². The Morgan fingerprint density at radius 3 is 2.43 bits per heavy atom. The smallest absolute Gasteiger partial charge is 0.342 e. The summed E-state index contributed by atoms with van der Waals surface area (Å²) in [5, 5.41) is 11.9. The molecule has 0 atom stereocenters. The number of nitrogens with one attached hydrogen (secondary N) is 1. The zero-order valence-corrected chi connectivity index (χ0v) is 12.5. The lowest BCUT2D eigenvalue weighted by atomic mass is 10.2. The van der Waals surface area contributed by atoms with Gasteiger partial charge in [0.25, 0.3) is 11.8 Å². The van der Waals surface area contributed by atoms with E-state index in [-0.39, 0.29) is 16.3 Å². The number of rotatable bonds is 4. The van der Waals surface area contributed by atoms with Crippen LogP contribution < -0.4 is 5.32 Å². The highest BCUT2D eigenvalue weighted by Crippen LogP contribution is 2.22. The van der Waals surface area contributed by atoms with Crippen molar-refractivity contribution in [1.82, 2.24) is 5.32 Å². The number of benzene rings is 2. The molecule has 0 aromatic heterocycles. The molecule has 0 aliphatic carbocycles. The molecular weight excluding hydrogens is 322 g/mol. The monoisotopic (exact) mass is 333 g/mol. The fraction of sp³-hybridized carbons (Fsp3) is 0.0625. The maximum absolute atomic E-state index is 11.7. The van der Waals surface area contributed by atoms with Crippen molar-refractivity contribution in [3.05, 3.63) is 64.7 Å². The van der Waals surface area contributed by atoms with Gasteiger partial charge >= 0.3 is 5.97 Å². The highest BCUT2D eigenvalue weighted by Gasteiger charge is 2.16. The number of esters is 1. The number of imide groups is 1. The zero-order chi connectivity index (χ0) is 16.8. The second kappa shape index (κ2) is 7.42. The maximum Gasteiger partial charge on any atom is 0.342 e. The van der Waals surface area contributed by atoms with E-state index in [0.717, 1.165) is 0 Å². The molecule has 0 aliphatic rings. The van der Waals surface area contributed by atoms with E-state index in [9.17, 15) is 19.5 Å². The van der Waals surface area contributed by atoms with Crippen LogP contribution in [0.25, 0.3) is 0 Å². The van der Waals surface area contributed by atoms with Gasteiger partial charge in [0.15, 0.2) is 6.61 Å². The summed E-state index contributed by atoms with van der Waals surface area (Å²) in [6, 6.07) is 12.0. The molecule has 7 heteroatoms. The molecule has 23 heavy (non-hydrogen) atoms.